The Morgan fingerprint density at radius 3 is 2.78 bits per heavy atom. The number of rotatable bonds is 5. The van der Waals surface area contributed by atoms with Gasteiger partial charge in [-0.25, -0.2) is 0 Å². The molecule has 0 bridgehead atoms. The van der Waals surface area contributed by atoms with E-state index in [4.69, 9.17) is 5.11 Å². The summed E-state index contributed by atoms with van der Waals surface area (Å²) in [7, 11) is 0. The molecule has 1 aromatic carbocycles. The van der Waals surface area contributed by atoms with E-state index >= 15 is 0 Å². The third kappa shape index (κ3) is 2.93. The van der Waals surface area contributed by atoms with E-state index in [9.17, 15) is 0 Å². The Bertz CT molecular complexity index is 400. The third-order valence-electron chi connectivity index (χ3n) is 4.09. The van der Waals surface area contributed by atoms with Gasteiger partial charge in [-0.3, -0.25) is 0 Å². The molecule has 1 aromatic rings. The second kappa shape index (κ2) is 5.41. The van der Waals surface area contributed by atoms with Gasteiger partial charge in [0.15, 0.2) is 0 Å². The van der Waals surface area contributed by atoms with Crippen molar-refractivity contribution < 1.29 is 5.11 Å². The molecule has 1 aliphatic carbocycles. The number of fused-ring (bicyclic) bond motifs is 1. The van der Waals surface area contributed by atoms with Crippen LogP contribution in [0, 0.1) is 11.3 Å². The normalized spacial score (nSPS) is 23.1. The minimum absolute atomic E-state index is 0.159. The van der Waals surface area contributed by atoms with Gasteiger partial charge in [-0.1, -0.05) is 45.0 Å². The fourth-order valence-electron chi connectivity index (χ4n) is 2.88. The molecule has 0 heterocycles. The average Bonchev–Trinajstić information content (AvgIpc) is 2.62. The lowest BCUT2D eigenvalue weighted by Gasteiger charge is -2.28. The molecule has 2 atom stereocenters. The maximum atomic E-state index is 9.08. The summed E-state index contributed by atoms with van der Waals surface area (Å²) in [6.07, 6.45) is 2.02. The van der Waals surface area contributed by atoms with E-state index in [0.717, 1.165) is 13.0 Å². The number of aliphatic hydroxyl groups is 1. The molecule has 0 saturated carbocycles. The van der Waals surface area contributed by atoms with Gasteiger partial charge in [-0.15, -0.1) is 0 Å². The van der Waals surface area contributed by atoms with Crippen molar-refractivity contribution >= 4 is 0 Å². The van der Waals surface area contributed by atoms with Gasteiger partial charge in [-0.2, -0.15) is 0 Å². The van der Waals surface area contributed by atoms with Gasteiger partial charge in [-0.05, 0) is 35.3 Å². The van der Waals surface area contributed by atoms with Gasteiger partial charge in [0.2, 0.25) is 0 Å². The van der Waals surface area contributed by atoms with Crippen LogP contribution in [0.5, 0.6) is 0 Å². The van der Waals surface area contributed by atoms with E-state index in [0.29, 0.717) is 12.0 Å². The molecule has 0 aliphatic heterocycles. The quantitative estimate of drug-likeness (QED) is 0.838. The summed E-state index contributed by atoms with van der Waals surface area (Å²) in [4.78, 5) is 0. The number of hydrogen-bond donors (Lipinski definition) is 2. The topological polar surface area (TPSA) is 32.3 Å². The Morgan fingerprint density at radius 1 is 1.33 bits per heavy atom. The Morgan fingerprint density at radius 2 is 2.06 bits per heavy atom. The maximum absolute atomic E-state index is 9.08. The standard InChI is InChI=1S/C16H25NO/c1-12-10-13-6-4-5-7-14(13)15(12)17-11-16(2,3)8-9-18/h4-7,12,15,17-18H,8-11H2,1-3H3. The largest absolute Gasteiger partial charge is 0.396 e. The molecular formula is C16H25NO. The molecule has 2 rings (SSSR count). The van der Waals surface area contributed by atoms with Crippen LogP contribution in [0.1, 0.15) is 44.4 Å². The average molecular weight is 247 g/mol. The first-order valence-electron chi connectivity index (χ1n) is 6.95. The van der Waals surface area contributed by atoms with Crippen LogP contribution in [0.2, 0.25) is 0 Å². The highest BCUT2D eigenvalue weighted by Gasteiger charge is 2.30. The molecule has 2 nitrogen and oxygen atoms in total. The van der Waals surface area contributed by atoms with Gasteiger partial charge in [0.25, 0.3) is 0 Å². The molecule has 1 aliphatic rings. The zero-order valence-electron chi connectivity index (χ0n) is 11.7. The number of nitrogens with one attached hydrogen (secondary N) is 1. The van der Waals surface area contributed by atoms with Crippen molar-refractivity contribution in [3.05, 3.63) is 35.4 Å². The Balaban J connectivity index is 2.02. The van der Waals surface area contributed by atoms with Gasteiger partial charge in [0.05, 0.1) is 0 Å². The molecule has 100 valence electrons. The Kier molecular flexibility index (Phi) is 4.08. The van der Waals surface area contributed by atoms with Gasteiger partial charge in [0, 0.05) is 19.2 Å². The third-order valence-corrected chi connectivity index (χ3v) is 4.09. The van der Waals surface area contributed by atoms with Crippen molar-refractivity contribution in [3.8, 4) is 0 Å². The first-order chi connectivity index (χ1) is 8.53. The Hall–Kier alpha value is -0.860. The fourth-order valence-corrected chi connectivity index (χ4v) is 2.88. The summed E-state index contributed by atoms with van der Waals surface area (Å²) in [5.74, 6) is 0.660. The maximum Gasteiger partial charge on any atom is 0.0436 e. The highest BCUT2D eigenvalue weighted by Crippen LogP contribution is 2.36. The summed E-state index contributed by atoms with van der Waals surface area (Å²) in [5.41, 5.74) is 3.11. The molecule has 2 heteroatoms. The van der Waals surface area contributed by atoms with Crippen LogP contribution in [0.25, 0.3) is 0 Å². The molecule has 2 N–H and O–H groups in total. The van der Waals surface area contributed by atoms with E-state index < -0.39 is 0 Å². The van der Waals surface area contributed by atoms with Gasteiger partial charge >= 0.3 is 0 Å². The SMILES string of the molecule is CC1Cc2ccccc2C1NCC(C)(C)CCO. The Labute approximate surface area is 110 Å². The van der Waals surface area contributed by atoms with Crippen LogP contribution in [0.3, 0.4) is 0 Å². The first kappa shape index (κ1) is 13.6. The minimum Gasteiger partial charge on any atom is -0.396 e. The van der Waals surface area contributed by atoms with Gasteiger partial charge in [0.1, 0.15) is 0 Å². The van der Waals surface area contributed by atoms with Crippen molar-refractivity contribution in [1.82, 2.24) is 5.32 Å². The minimum atomic E-state index is 0.159. The lowest BCUT2D eigenvalue weighted by Crippen LogP contribution is -2.34. The van der Waals surface area contributed by atoms with E-state index in [-0.39, 0.29) is 12.0 Å². The van der Waals surface area contributed by atoms with E-state index in [1.165, 1.54) is 17.5 Å². The summed E-state index contributed by atoms with van der Waals surface area (Å²) in [5, 5.41) is 12.8. The van der Waals surface area contributed by atoms with Crippen LogP contribution in [0.15, 0.2) is 24.3 Å². The number of benzene rings is 1. The highest BCUT2D eigenvalue weighted by molar-refractivity contribution is 5.35. The molecule has 0 spiro atoms. The van der Waals surface area contributed by atoms with E-state index in [1.807, 2.05) is 0 Å². The van der Waals surface area contributed by atoms with Crippen molar-refractivity contribution in [3.63, 3.8) is 0 Å². The molecule has 0 aromatic heterocycles. The van der Waals surface area contributed by atoms with Crippen LogP contribution in [0.4, 0.5) is 0 Å². The fraction of sp³-hybridized carbons (Fsp3) is 0.625. The van der Waals surface area contributed by atoms with Crippen molar-refractivity contribution in [2.24, 2.45) is 11.3 Å². The molecule has 0 radical (unpaired) electrons. The molecule has 2 unspecified atom stereocenters. The second-order valence-electron chi connectivity index (χ2n) is 6.38. The first-order valence-corrected chi connectivity index (χ1v) is 6.95. The summed E-state index contributed by atoms with van der Waals surface area (Å²) in [6, 6.07) is 9.22. The second-order valence-corrected chi connectivity index (χ2v) is 6.38. The predicted octanol–water partition coefficient (Wildman–Crippen LogP) is 2.92. The number of aliphatic hydroxyl groups excluding tert-OH is 1. The van der Waals surface area contributed by atoms with Crippen LogP contribution in [-0.2, 0) is 6.42 Å². The van der Waals surface area contributed by atoms with Crippen molar-refractivity contribution in [2.75, 3.05) is 13.2 Å². The highest BCUT2D eigenvalue weighted by atomic mass is 16.3. The lowest BCUT2D eigenvalue weighted by atomic mass is 9.89. The molecule has 18 heavy (non-hydrogen) atoms. The molecule has 0 fully saturated rings. The predicted molar refractivity (Wildman–Crippen MR) is 75.5 cm³/mol. The van der Waals surface area contributed by atoms with E-state index in [2.05, 4.69) is 50.4 Å². The molecule has 0 saturated heterocycles. The lowest BCUT2D eigenvalue weighted by molar-refractivity contribution is 0.199. The zero-order chi connectivity index (χ0) is 13.2. The molecule has 0 amide bonds. The van der Waals surface area contributed by atoms with Crippen LogP contribution < -0.4 is 5.32 Å². The smallest absolute Gasteiger partial charge is 0.0436 e. The summed E-state index contributed by atoms with van der Waals surface area (Å²) >= 11 is 0. The van der Waals surface area contributed by atoms with Crippen LogP contribution >= 0.6 is 0 Å². The summed E-state index contributed by atoms with van der Waals surface area (Å²) in [6.45, 7) is 7.96. The zero-order valence-corrected chi connectivity index (χ0v) is 11.7. The number of hydrogen-bond acceptors (Lipinski definition) is 2. The molecular weight excluding hydrogens is 222 g/mol. The van der Waals surface area contributed by atoms with Crippen molar-refractivity contribution in [1.29, 1.82) is 0 Å². The van der Waals surface area contributed by atoms with Crippen LogP contribution in [-0.4, -0.2) is 18.3 Å². The monoisotopic (exact) mass is 247 g/mol. The van der Waals surface area contributed by atoms with Gasteiger partial charge < -0.3 is 10.4 Å². The summed E-state index contributed by atoms with van der Waals surface area (Å²) < 4.78 is 0. The van der Waals surface area contributed by atoms with E-state index in [1.54, 1.807) is 0 Å². The van der Waals surface area contributed by atoms with Crippen molar-refractivity contribution in [2.45, 2.75) is 39.7 Å².